The molecule has 0 spiro atoms. The van der Waals surface area contributed by atoms with Crippen molar-refractivity contribution in [1.29, 1.82) is 0 Å². The average molecular weight is 383 g/mol. The van der Waals surface area contributed by atoms with Gasteiger partial charge in [0.2, 0.25) is 0 Å². The minimum atomic E-state index is -1.13. The van der Waals surface area contributed by atoms with Crippen molar-refractivity contribution in [1.82, 2.24) is 4.90 Å². The van der Waals surface area contributed by atoms with Gasteiger partial charge in [0.15, 0.2) is 0 Å². The Morgan fingerprint density at radius 1 is 1.00 bits per heavy atom. The van der Waals surface area contributed by atoms with Gasteiger partial charge in [0.1, 0.15) is 5.75 Å². The lowest BCUT2D eigenvalue weighted by Gasteiger charge is -2.33. The molecule has 0 aliphatic carbocycles. The predicted molar refractivity (Wildman–Crippen MR) is 101 cm³/mol. The van der Waals surface area contributed by atoms with Gasteiger partial charge in [0.25, 0.3) is 5.91 Å². The van der Waals surface area contributed by atoms with Crippen LogP contribution in [0.2, 0.25) is 0 Å². The number of piperidine rings is 1. The highest BCUT2D eigenvalue weighted by Gasteiger charge is 2.27. The predicted octanol–water partition coefficient (Wildman–Crippen LogP) is 3.11. The van der Waals surface area contributed by atoms with Crippen molar-refractivity contribution in [2.45, 2.75) is 18.8 Å². The highest BCUT2D eigenvalue weighted by Crippen LogP contribution is 2.29. The Morgan fingerprint density at radius 3 is 2.39 bits per heavy atom. The highest BCUT2D eigenvalue weighted by molar-refractivity contribution is 5.98. The first-order valence-corrected chi connectivity index (χ1v) is 8.94. The maximum atomic E-state index is 13.0. The van der Waals surface area contributed by atoms with Crippen LogP contribution in [-0.2, 0) is 0 Å². The first-order chi connectivity index (χ1) is 13.4. The average Bonchev–Trinajstić information content (AvgIpc) is 2.72. The summed E-state index contributed by atoms with van der Waals surface area (Å²) < 4.78 is 5.12. The van der Waals surface area contributed by atoms with Crippen LogP contribution in [0.15, 0.2) is 42.5 Å². The van der Waals surface area contributed by atoms with Crippen molar-refractivity contribution in [2.24, 2.45) is 0 Å². The second-order valence-corrected chi connectivity index (χ2v) is 6.78. The zero-order chi connectivity index (χ0) is 20.3. The Kier molecular flexibility index (Phi) is 5.63. The molecule has 3 rings (SSSR count). The van der Waals surface area contributed by atoms with E-state index in [9.17, 15) is 24.6 Å². The smallest absolute Gasteiger partial charge is 0.335 e. The van der Waals surface area contributed by atoms with Crippen LogP contribution in [0, 0.1) is 0 Å². The third kappa shape index (κ3) is 4.14. The van der Waals surface area contributed by atoms with Gasteiger partial charge in [-0.15, -0.1) is 0 Å². The summed E-state index contributed by atoms with van der Waals surface area (Å²) in [5, 5.41) is 18.4. The molecule has 2 aromatic carbocycles. The molecule has 28 heavy (non-hydrogen) atoms. The standard InChI is InChI=1S/C21H21NO6/c1-28-18-10-16(9-17(11-18)21(26)27)19(23)22-7-3-6-15(12-22)13-4-2-5-14(8-13)20(24)25/h2,4-5,8-11,15H,3,6-7,12H2,1H3,(H,24,25)(H,26,27)/t15-/m0/s1. The molecular formula is C21H21NO6. The van der Waals surface area contributed by atoms with Gasteiger partial charge in [0.05, 0.1) is 18.2 Å². The van der Waals surface area contributed by atoms with E-state index in [0.29, 0.717) is 18.8 Å². The number of ether oxygens (including phenoxy) is 1. The number of hydrogen-bond acceptors (Lipinski definition) is 4. The molecule has 1 aliphatic heterocycles. The molecule has 7 heteroatoms. The van der Waals surface area contributed by atoms with Crippen molar-refractivity contribution < 1.29 is 29.3 Å². The van der Waals surface area contributed by atoms with Gasteiger partial charge in [-0.05, 0) is 48.7 Å². The molecule has 0 aromatic heterocycles. The topological polar surface area (TPSA) is 104 Å². The van der Waals surface area contributed by atoms with Gasteiger partial charge in [-0.1, -0.05) is 12.1 Å². The van der Waals surface area contributed by atoms with Crippen LogP contribution in [0.5, 0.6) is 5.75 Å². The van der Waals surface area contributed by atoms with E-state index in [1.807, 2.05) is 6.07 Å². The number of nitrogens with zero attached hydrogens (tertiary/aromatic N) is 1. The number of rotatable bonds is 5. The maximum absolute atomic E-state index is 13.0. The van der Waals surface area contributed by atoms with E-state index < -0.39 is 11.9 Å². The van der Waals surface area contributed by atoms with Crippen LogP contribution in [-0.4, -0.2) is 53.2 Å². The molecule has 2 N–H and O–H groups in total. The van der Waals surface area contributed by atoms with Crippen molar-refractivity contribution in [3.05, 3.63) is 64.7 Å². The lowest BCUT2D eigenvalue weighted by molar-refractivity contribution is 0.0681. The summed E-state index contributed by atoms with van der Waals surface area (Å²) in [6.07, 6.45) is 1.63. The number of hydrogen-bond donors (Lipinski definition) is 2. The zero-order valence-electron chi connectivity index (χ0n) is 15.4. The van der Waals surface area contributed by atoms with E-state index >= 15 is 0 Å². The lowest BCUT2D eigenvalue weighted by atomic mass is 9.89. The molecule has 1 aliphatic rings. The van der Waals surface area contributed by atoms with Crippen molar-refractivity contribution in [3.63, 3.8) is 0 Å². The molecule has 1 saturated heterocycles. The van der Waals surface area contributed by atoms with Gasteiger partial charge in [-0.25, -0.2) is 9.59 Å². The number of carbonyl (C=O) groups excluding carboxylic acids is 1. The molecule has 1 fully saturated rings. The lowest BCUT2D eigenvalue weighted by Crippen LogP contribution is -2.39. The Labute approximate surface area is 162 Å². The second-order valence-electron chi connectivity index (χ2n) is 6.78. The number of carboxylic acids is 2. The summed E-state index contributed by atoms with van der Waals surface area (Å²) in [5.74, 6) is -2.04. The fraction of sp³-hybridized carbons (Fsp3) is 0.286. The van der Waals surface area contributed by atoms with Crippen molar-refractivity contribution in [2.75, 3.05) is 20.2 Å². The Balaban J connectivity index is 1.83. The largest absolute Gasteiger partial charge is 0.497 e. The summed E-state index contributed by atoms with van der Waals surface area (Å²) >= 11 is 0. The maximum Gasteiger partial charge on any atom is 0.335 e. The molecule has 0 bridgehead atoms. The molecule has 146 valence electrons. The van der Waals surface area contributed by atoms with Crippen LogP contribution in [0.3, 0.4) is 0 Å². The number of carbonyl (C=O) groups is 3. The van der Waals surface area contributed by atoms with E-state index in [-0.39, 0.29) is 28.5 Å². The first kappa shape index (κ1) is 19.4. The fourth-order valence-electron chi connectivity index (χ4n) is 3.51. The van der Waals surface area contributed by atoms with E-state index in [1.165, 1.54) is 25.3 Å². The van der Waals surface area contributed by atoms with Crippen LogP contribution in [0.25, 0.3) is 0 Å². The van der Waals surface area contributed by atoms with Crippen molar-refractivity contribution >= 4 is 17.8 Å². The van der Waals surface area contributed by atoms with Crippen LogP contribution in [0.1, 0.15) is 55.4 Å². The molecule has 0 radical (unpaired) electrons. The SMILES string of the molecule is COc1cc(C(=O)O)cc(C(=O)N2CCC[C@H](c3cccc(C(=O)O)c3)C2)c1. The third-order valence-electron chi connectivity index (χ3n) is 4.95. The van der Waals surface area contributed by atoms with Gasteiger partial charge in [0, 0.05) is 24.6 Å². The molecule has 1 atom stereocenters. The molecular weight excluding hydrogens is 362 g/mol. The molecule has 1 heterocycles. The number of aromatic carboxylic acids is 2. The van der Waals surface area contributed by atoms with E-state index in [1.54, 1.807) is 23.1 Å². The summed E-state index contributed by atoms with van der Waals surface area (Å²) in [6, 6.07) is 11.0. The van der Waals surface area contributed by atoms with Crippen LogP contribution in [0.4, 0.5) is 0 Å². The van der Waals surface area contributed by atoms with E-state index in [4.69, 9.17) is 4.74 Å². The quantitative estimate of drug-likeness (QED) is 0.822. The normalized spacial score (nSPS) is 16.5. The van der Waals surface area contributed by atoms with Crippen LogP contribution < -0.4 is 4.74 Å². The van der Waals surface area contributed by atoms with Crippen molar-refractivity contribution in [3.8, 4) is 5.75 Å². The van der Waals surface area contributed by atoms with Crippen LogP contribution >= 0.6 is 0 Å². The number of carboxylic acid groups (broad SMARTS) is 2. The minimum absolute atomic E-state index is 0.00887. The Bertz CT molecular complexity index is 923. The number of methoxy groups -OCH3 is 1. The molecule has 0 saturated carbocycles. The summed E-state index contributed by atoms with van der Waals surface area (Å²) in [4.78, 5) is 37.2. The molecule has 0 unspecified atom stereocenters. The second kappa shape index (κ2) is 8.12. The molecule has 2 aromatic rings. The molecule has 7 nitrogen and oxygen atoms in total. The minimum Gasteiger partial charge on any atom is -0.497 e. The first-order valence-electron chi connectivity index (χ1n) is 8.94. The monoisotopic (exact) mass is 383 g/mol. The summed E-state index contributed by atoms with van der Waals surface area (Å²) in [6.45, 7) is 1.01. The van der Waals surface area contributed by atoms with Gasteiger partial charge >= 0.3 is 11.9 Å². The number of amides is 1. The Morgan fingerprint density at radius 2 is 1.71 bits per heavy atom. The fourth-order valence-corrected chi connectivity index (χ4v) is 3.51. The summed E-state index contributed by atoms with van der Waals surface area (Å²) in [5.41, 5.74) is 1.36. The van der Waals surface area contributed by atoms with E-state index in [0.717, 1.165) is 18.4 Å². The van der Waals surface area contributed by atoms with Gasteiger partial charge in [-0.2, -0.15) is 0 Å². The highest BCUT2D eigenvalue weighted by atomic mass is 16.5. The Hall–Kier alpha value is -3.35. The molecule has 1 amide bonds. The number of benzene rings is 2. The summed E-state index contributed by atoms with van der Waals surface area (Å²) in [7, 11) is 1.42. The number of likely N-dealkylation sites (tertiary alicyclic amines) is 1. The third-order valence-corrected chi connectivity index (χ3v) is 4.95. The van der Waals surface area contributed by atoms with E-state index in [2.05, 4.69) is 0 Å². The van der Waals surface area contributed by atoms with Gasteiger partial charge < -0.3 is 19.8 Å². The van der Waals surface area contributed by atoms with Gasteiger partial charge in [-0.3, -0.25) is 4.79 Å². The zero-order valence-corrected chi connectivity index (χ0v) is 15.4.